The zero-order chi connectivity index (χ0) is 18.5. The van der Waals surface area contributed by atoms with E-state index in [4.69, 9.17) is 27.9 Å². The zero-order valence-corrected chi connectivity index (χ0v) is 15.6. The van der Waals surface area contributed by atoms with E-state index in [1.807, 2.05) is 61.5 Å². The first kappa shape index (κ1) is 18.1. The van der Waals surface area contributed by atoms with Gasteiger partial charge in [-0.1, -0.05) is 71.2 Å². The number of hydrogen-bond acceptors (Lipinski definition) is 2. The molecule has 128 valence electrons. The van der Waals surface area contributed by atoms with Crippen molar-refractivity contribution in [1.82, 2.24) is 0 Å². The fraction of sp³-hybridized carbons (Fsp3) is 0.0455. The van der Waals surface area contributed by atoms with Crippen LogP contribution in [0, 0.1) is 18.3 Å². The molecule has 3 aromatic rings. The predicted molar refractivity (Wildman–Crippen MR) is 108 cm³/mol. The maximum atomic E-state index is 9.57. The van der Waals surface area contributed by atoms with Crippen LogP contribution >= 0.6 is 23.2 Å². The van der Waals surface area contributed by atoms with Crippen LogP contribution in [0.25, 0.3) is 11.6 Å². The molecule has 0 N–H and O–H groups in total. The molecule has 0 aliphatic heterocycles. The van der Waals surface area contributed by atoms with Gasteiger partial charge in [0, 0.05) is 10.6 Å². The number of allylic oxidation sites excluding steroid dienone is 1. The second-order valence-electron chi connectivity index (χ2n) is 5.75. The minimum Gasteiger partial charge on any atom is -0.455 e. The lowest BCUT2D eigenvalue weighted by Crippen LogP contribution is -1.89. The minimum atomic E-state index is 0.426. The minimum absolute atomic E-state index is 0.426. The number of ether oxygens (including phenoxy) is 1. The predicted octanol–water partition coefficient (Wildman–Crippen LogP) is 7.16. The lowest BCUT2D eigenvalue weighted by atomic mass is 10.0. The molecule has 0 saturated carbocycles. The van der Waals surface area contributed by atoms with Crippen molar-refractivity contribution in [2.45, 2.75) is 6.92 Å². The van der Waals surface area contributed by atoms with Gasteiger partial charge < -0.3 is 4.74 Å². The zero-order valence-electron chi connectivity index (χ0n) is 14.0. The van der Waals surface area contributed by atoms with Crippen LogP contribution in [-0.4, -0.2) is 0 Å². The smallest absolute Gasteiger partial charge is 0.146 e. The molecule has 0 atom stereocenters. The molecule has 0 spiro atoms. The highest BCUT2D eigenvalue weighted by atomic mass is 35.5. The van der Waals surface area contributed by atoms with Gasteiger partial charge >= 0.3 is 0 Å². The Morgan fingerprint density at radius 2 is 1.69 bits per heavy atom. The first-order chi connectivity index (χ1) is 12.6. The van der Waals surface area contributed by atoms with Gasteiger partial charge in [-0.3, -0.25) is 0 Å². The quantitative estimate of drug-likeness (QED) is 0.355. The standard InChI is InChI=1S/C22H15Cl2NO/c1-15-6-8-16(9-7-15)18(14-25)12-17-4-2-3-5-21(17)26-22-11-10-19(23)13-20(22)24/h2-13H,1H3/b18-12-. The Hall–Kier alpha value is -2.73. The highest BCUT2D eigenvalue weighted by Crippen LogP contribution is 2.34. The van der Waals surface area contributed by atoms with Gasteiger partial charge in [0.25, 0.3) is 0 Å². The first-order valence-electron chi connectivity index (χ1n) is 7.97. The lowest BCUT2D eigenvalue weighted by molar-refractivity contribution is 0.482. The van der Waals surface area contributed by atoms with Crippen molar-refractivity contribution < 1.29 is 4.74 Å². The van der Waals surface area contributed by atoms with Crippen LogP contribution in [0.4, 0.5) is 0 Å². The molecular weight excluding hydrogens is 365 g/mol. The first-order valence-corrected chi connectivity index (χ1v) is 8.73. The summed E-state index contributed by atoms with van der Waals surface area (Å²) >= 11 is 12.1. The molecular formula is C22H15Cl2NO. The van der Waals surface area contributed by atoms with Crippen molar-refractivity contribution in [3.05, 3.63) is 93.5 Å². The van der Waals surface area contributed by atoms with Crippen molar-refractivity contribution in [1.29, 1.82) is 5.26 Å². The number of hydrogen-bond donors (Lipinski definition) is 0. The molecule has 4 heteroatoms. The number of nitrogens with zero attached hydrogens (tertiary/aromatic N) is 1. The van der Waals surface area contributed by atoms with Gasteiger partial charge in [-0.2, -0.15) is 5.26 Å². The van der Waals surface area contributed by atoms with E-state index < -0.39 is 0 Å². The van der Waals surface area contributed by atoms with E-state index in [-0.39, 0.29) is 0 Å². The van der Waals surface area contributed by atoms with E-state index >= 15 is 0 Å². The lowest BCUT2D eigenvalue weighted by Gasteiger charge is -2.11. The maximum absolute atomic E-state index is 9.57. The summed E-state index contributed by atoms with van der Waals surface area (Å²) in [6.45, 7) is 2.01. The monoisotopic (exact) mass is 379 g/mol. The average molecular weight is 380 g/mol. The second-order valence-corrected chi connectivity index (χ2v) is 6.59. The third-order valence-corrected chi connectivity index (χ3v) is 4.35. The van der Waals surface area contributed by atoms with E-state index in [9.17, 15) is 5.26 Å². The summed E-state index contributed by atoms with van der Waals surface area (Å²) in [6, 6.07) is 22.6. The Bertz CT molecular complexity index is 1000. The van der Waals surface area contributed by atoms with Crippen LogP contribution in [0.2, 0.25) is 10.0 Å². The molecule has 0 saturated heterocycles. The molecule has 3 aromatic carbocycles. The molecule has 0 fully saturated rings. The molecule has 0 radical (unpaired) electrons. The summed E-state index contributed by atoms with van der Waals surface area (Å²) in [6.07, 6.45) is 1.81. The summed E-state index contributed by atoms with van der Waals surface area (Å²) in [7, 11) is 0. The van der Waals surface area contributed by atoms with Gasteiger partial charge in [0.2, 0.25) is 0 Å². The van der Waals surface area contributed by atoms with E-state index in [0.717, 1.165) is 16.7 Å². The van der Waals surface area contributed by atoms with Crippen molar-refractivity contribution in [3.63, 3.8) is 0 Å². The highest BCUT2D eigenvalue weighted by Gasteiger charge is 2.09. The summed E-state index contributed by atoms with van der Waals surface area (Å²) < 4.78 is 5.95. The Balaban J connectivity index is 1.98. The fourth-order valence-corrected chi connectivity index (χ4v) is 2.89. The molecule has 3 rings (SSSR count). The van der Waals surface area contributed by atoms with Crippen LogP contribution in [0.5, 0.6) is 11.5 Å². The molecule has 0 aliphatic carbocycles. The van der Waals surface area contributed by atoms with Gasteiger partial charge in [-0.25, -0.2) is 0 Å². The number of nitriles is 1. The molecule has 0 unspecified atom stereocenters. The highest BCUT2D eigenvalue weighted by molar-refractivity contribution is 6.35. The van der Waals surface area contributed by atoms with E-state index in [0.29, 0.717) is 27.1 Å². The summed E-state index contributed by atoms with van der Waals surface area (Å²) in [5.41, 5.74) is 3.35. The molecule has 0 aliphatic rings. The van der Waals surface area contributed by atoms with E-state index in [1.165, 1.54) is 0 Å². The van der Waals surface area contributed by atoms with Crippen LogP contribution in [-0.2, 0) is 0 Å². The molecule has 0 heterocycles. The fourth-order valence-electron chi connectivity index (χ4n) is 2.44. The van der Waals surface area contributed by atoms with Gasteiger partial charge in [0.1, 0.15) is 11.5 Å². The van der Waals surface area contributed by atoms with Crippen molar-refractivity contribution in [2.24, 2.45) is 0 Å². The van der Waals surface area contributed by atoms with Crippen LogP contribution in [0.1, 0.15) is 16.7 Å². The Morgan fingerprint density at radius 3 is 2.38 bits per heavy atom. The summed E-state index contributed by atoms with van der Waals surface area (Å²) in [5.74, 6) is 1.11. The largest absolute Gasteiger partial charge is 0.455 e. The topological polar surface area (TPSA) is 33.0 Å². The number of para-hydroxylation sites is 1. The van der Waals surface area contributed by atoms with E-state index in [2.05, 4.69) is 6.07 Å². The molecule has 26 heavy (non-hydrogen) atoms. The van der Waals surface area contributed by atoms with Crippen LogP contribution < -0.4 is 4.74 Å². The van der Waals surface area contributed by atoms with Gasteiger partial charge in [0.05, 0.1) is 16.7 Å². The second kappa shape index (κ2) is 8.10. The van der Waals surface area contributed by atoms with Crippen molar-refractivity contribution >= 4 is 34.9 Å². The molecule has 0 amide bonds. The third kappa shape index (κ3) is 4.26. The summed E-state index contributed by atoms with van der Waals surface area (Å²) in [4.78, 5) is 0. The van der Waals surface area contributed by atoms with Crippen molar-refractivity contribution in [3.8, 4) is 17.6 Å². The average Bonchev–Trinajstić information content (AvgIpc) is 2.64. The van der Waals surface area contributed by atoms with Gasteiger partial charge in [-0.15, -0.1) is 0 Å². The Labute approximate surface area is 162 Å². The normalized spacial score (nSPS) is 11.1. The molecule has 0 bridgehead atoms. The number of aryl methyl sites for hydroxylation is 1. The Morgan fingerprint density at radius 1 is 0.962 bits per heavy atom. The van der Waals surface area contributed by atoms with Crippen LogP contribution in [0.15, 0.2) is 66.7 Å². The Kier molecular flexibility index (Phi) is 5.63. The van der Waals surface area contributed by atoms with Crippen molar-refractivity contribution in [2.75, 3.05) is 0 Å². The molecule has 0 aromatic heterocycles. The summed E-state index contributed by atoms with van der Waals surface area (Å²) in [5, 5.41) is 10.5. The number of benzene rings is 3. The number of halogens is 2. The SMILES string of the molecule is Cc1ccc(/C(C#N)=C\c2ccccc2Oc2ccc(Cl)cc2Cl)cc1. The number of rotatable bonds is 4. The third-order valence-electron chi connectivity index (χ3n) is 3.82. The van der Waals surface area contributed by atoms with Gasteiger partial charge in [0.15, 0.2) is 0 Å². The molecule has 2 nitrogen and oxygen atoms in total. The maximum Gasteiger partial charge on any atom is 0.146 e. The van der Waals surface area contributed by atoms with Gasteiger partial charge in [-0.05, 0) is 42.8 Å². The van der Waals surface area contributed by atoms with Crippen LogP contribution in [0.3, 0.4) is 0 Å². The van der Waals surface area contributed by atoms with E-state index in [1.54, 1.807) is 18.2 Å².